The standard InChI is InChI=1S/C7H14N2O/c1-6-2-7(3-6,4-8)9-5-10/h5-6H,2-4,8H2,1H3,(H,9,10). The fourth-order valence-electron chi connectivity index (χ4n) is 1.74. The molecule has 0 radical (unpaired) electrons. The largest absolute Gasteiger partial charge is 0.352 e. The lowest BCUT2D eigenvalue weighted by Gasteiger charge is -2.45. The van der Waals surface area contributed by atoms with Crippen LogP contribution in [0.2, 0.25) is 0 Å². The Morgan fingerprint density at radius 3 is 2.70 bits per heavy atom. The molecule has 58 valence electrons. The highest BCUT2D eigenvalue weighted by Crippen LogP contribution is 2.35. The van der Waals surface area contributed by atoms with Crippen molar-refractivity contribution in [3.05, 3.63) is 0 Å². The Morgan fingerprint density at radius 2 is 2.40 bits per heavy atom. The zero-order valence-corrected chi connectivity index (χ0v) is 6.26. The van der Waals surface area contributed by atoms with Crippen molar-refractivity contribution in [3.8, 4) is 0 Å². The van der Waals surface area contributed by atoms with Crippen molar-refractivity contribution in [3.63, 3.8) is 0 Å². The smallest absolute Gasteiger partial charge is 0.207 e. The molecule has 1 fully saturated rings. The number of nitrogens with two attached hydrogens (primary N) is 1. The normalized spacial score (nSPS) is 38.4. The summed E-state index contributed by atoms with van der Waals surface area (Å²) < 4.78 is 0. The average molecular weight is 142 g/mol. The highest BCUT2D eigenvalue weighted by Gasteiger charge is 2.40. The molecule has 0 aliphatic heterocycles. The average Bonchev–Trinajstić information content (AvgIpc) is 1.84. The molecule has 0 aromatic heterocycles. The van der Waals surface area contributed by atoms with Crippen LogP contribution in [0, 0.1) is 5.92 Å². The maximum Gasteiger partial charge on any atom is 0.207 e. The number of carbonyl (C=O) groups is 1. The van der Waals surface area contributed by atoms with Crippen LogP contribution in [0.1, 0.15) is 19.8 Å². The number of nitrogens with one attached hydrogen (secondary N) is 1. The summed E-state index contributed by atoms with van der Waals surface area (Å²) in [6, 6.07) is 0. The molecule has 1 rings (SSSR count). The van der Waals surface area contributed by atoms with E-state index >= 15 is 0 Å². The Balaban J connectivity index is 2.39. The third-order valence-corrected chi connectivity index (χ3v) is 2.23. The SMILES string of the molecule is CC1CC(CN)(NC=O)C1. The fourth-order valence-corrected chi connectivity index (χ4v) is 1.74. The molecule has 0 unspecified atom stereocenters. The minimum atomic E-state index is -0.0544. The van der Waals surface area contributed by atoms with Crippen LogP contribution < -0.4 is 11.1 Å². The molecule has 1 aliphatic carbocycles. The van der Waals surface area contributed by atoms with Crippen LogP contribution in [-0.2, 0) is 4.79 Å². The Morgan fingerprint density at radius 1 is 1.80 bits per heavy atom. The zero-order valence-electron chi connectivity index (χ0n) is 6.26. The molecule has 3 N–H and O–H groups in total. The van der Waals surface area contributed by atoms with Crippen LogP contribution in [0.3, 0.4) is 0 Å². The van der Waals surface area contributed by atoms with Crippen LogP contribution in [0.25, 0.3) is 0 Å². The second-order valence-corrected chi connectivity index (χ2v) is 3.26. The van der Waals surface area contributed by atoms with Gasteiger partial charge in [-0.05, 0) is 18.8 Å². The first kappa shape index (κ1) is 7.54. The molecule has 3 nitrogen and oxygen atoms in total. The summed E-state index contributed by atoms with van der Waals surface area (Å²) in [5, 5.41) is 2.77. The summed E-state index contributed by atoms with van der Waals surface area (Å²) in [4.78, 5) is 10.1. The summed E-state index contributed by atoms with van der Waals surface area (Å²) >= 11 is 0. The van der Waals surface area contributed by atoms with E-state index in [0.29, 0.717) is 6.54 Å². The summed E-state index contributed by atoms with van der Waals surface area (Å²) in [5.74, 6) is 0.719. The van der Waals surface area contributed by atoms with E-state index in [1.54, 1.807) is 0 Å². The zero-order chi connectivity index (χ0) is 7.61. The molecule has 1 amide bonds. The summed E-state index contributed by atoms with van der Waals surface area (Å²) in [6.45, 7) is 2.73. The van der Waals surface area contributed by atoms with Crippen molar-refractivity contribution >= 4 is 6.41 Å². The van der Waals surface area contributed by atoms with Gasteiger partial charge in [-0.1, -0.05) is 6.92 Å². The van der Waals surface area contributed by atoms with E-state index in [4.69, 9.17) is 5.73 Å². The highest BCUT2D eigenvalue weighted by molar-refractivity contribution is 5.48. The van der Waals surface area contributed by atoms with Gasteiger partial charge in [-0.25, -0.2) is 0 Å². The van der Waals surface area contributed by atoms with Crippen LogP contribution in [0.5, 0.6) is 0 Å². The molecule has 0 aromatic carbocycles. The van der Waals surface area contributed by atoms with Gasteiger partial charge in [0.05, 0.1) is 5.54 Å². The first-order chi connectivity index (χ1) is 4.72. The van der Waals surface area contributed by atoms with Crippen LogP contribution in [-0.4, -0.2) is 18.5 Å². The Kier molecular flexibility index (Phi) is 1.94. The lowest BCUT2D eigenvalue weighted by atomic mass is 9.69. The predicted molar refractivity (Wildman–Crippen MR) is 39.4 cm³/mol. The van der Waals surface area contributed by atoms with Crippen LogP contribution in [0.4, 0.5) is 0 Å². The van der Waals surface area contributed by atoms with Crippen LogP contribution in [0.15, 0.2) is 0 Å². The minimum absolute atomic E-state index is 0.0544. The second-order valence-electron chi connectivity index (χ2n) is 3.26. The maximum atomic E-state index is 10.1. The van der Waals surface area contributed by atoms with E-state index in [1.165, 1.54) is 0 Å². The van der Waals surface area contributed by atoms with Gasteiger partial charge in [-0.2, -0.15) is 0 Å². The molecule has 0 spiro atoms. The van der Waals surface area contributed by atoms with Gasteiger partial charge in [-0.3, -0.25) is 4.79 Å². The lowest BCUT2D eigenvalue weighted by molar-refractivity contribution is -0.112. The Labute approximate surface area is 61.0 Å². The van der Waals surface area contributed by atoms with Crippen molar-refractivity contribution in [1.82, 2.24) is 5.32 Å². The minimum Gasteiger partial charge on any atom is -0.352 e. The molecule has 1 aliphatic rings. The van der Waals surface area contributed by atoms with Crippen LogP contribution >= 0.6 is 0 Å². The molecule has 0 atom stereocenters. The predicted octanol–water partition coefficient (Wildman–Crippen LogP) is -0.140. The van der Waals surface area contributed by atoms with Gasteiger partial charge in [-0.15, -0.1) is 0 Å². The molecule has 0 saturated heterocycles. The maximum absolute atomic E-state index is 10.1. The number of rotatable bonds is 3. The van der Waals surface area contributed by atoms with Gasteiger partial charge in [0, 0.05) is 6.54 Å². The first-order valence-electron chi connectivity index (χ1n) is 3.64. The van der Waals surface area contributed by atoms with E-state index in [2.05, 4.69) is 12.2 Å². The molecule has 0 bridgehead atoms. The Bertz CT molecular complexity index is 130. The second kappa shape index (κ2) is 2.58. The number of amides is 1. The van der Waals surface area contributed by atoms with Gasteiger partial charge in [0.15, 0.2) is 0 Å². The summed E-state index contributed by atoms with van der Waals surface area (Å²) in [7, 11) is 0. The molecule has 3 heteroatoms. The molecule has 0 aromatic rings. The Hall–Kier alpha value is -0.570. The fraction of sp³-hybridized carbons (Fsp3) is 0.857. The lowest BCUT2D eigenvalue weighted by Crippen LogP contribution is -2.58. The molecular weight excluding hydrogens is 128 g/mol. The van der Waals surface area contributed by atoms with Gasteiger partial charge in [0.1, 0.15) is 0 Å². The highest BCUT2D eigenvalue weighted by atomic mass is 16.1. The van der Waals surface area contributed by atoms with E-state index in [1.807, 2.05) is 0 Å². The topological polar surface area (TPSA) is 55.1 Å². The molecule has 10 heavy (non-hydrogen) atoms. The number of hydrogen-bond acceptors (Lipinski definition) is 2. The van der Waals surface area contributed by atoms with E-state index < -0.39 is 0 Å². The summed E-state index contributed by atoms with van der Waals surface area (Å²) in [6.07, 6.45) is 2.81. The van der Waals surface area contributed by atoms with E-state index in [0.717, 1.165) is 25.2 Å². The molecule has 1 saturated carbocycles. The van der Waals surface area contributed by atoms with Crippen molar-refractivity contribution in [1.29, 1.82) is 0 Å². The third-order valence-electron chi connectivity index (χ3n) is 2.23. The van der Waals surface area contributed by atoms with E-state index in [9.17, 15) is 4.79 Å². The van der Waals surface area contributed by atoms with Gasteiger partial charge in [0.2, 0.25) is 6.41 Å². The van der Waals surface area contributed by atoms with Gasteiger partial charge >= 0.3 is 0 Å². The monoisotopic (exact) mass is 142 g/mol. The summed E-state index contributed by atoms with van der Waals surface area (Å²) in [5.41, 5.74) is 5.44. The van der Waals surface area contributed by atoms with Crippen molar-refractivity contribution in [2.24, 2.45) is 11.7 Å². The van der Waals surface area contributed by atoms with Crippen molar-refractivity contribution < 1.29 is 4.79 Å². The van der Waals surface area contributed by atoms with E-state index in [-0.39, 0.29) is 5.54 Å². The molecular formula is C7H14N2O. The first-order valence-corrected chi connectivity index (χ1v) is 3.64. The van der Waals surface area contributed by atoms with Gasteiger partial charge in [0.25, 0.3) is 0 Å². The van der Waals surface area contributed by atoms with Crippen molar-refractivity contribution in [2.45, 2.75) is 25.3 Å². The van der Waals surface area contributed by atoms with Gasteiger partial charge < -0.3 is 11.1 Å². The number of carbonyl (C=O) groups excluding carboxylic acids is 1. The third kappa shape index (κ3) is 1.14. The molecule has 0 heterocycles. The number of hydrogen-bond donors (Lipinski definition) is 2. The van der Waals surface area contributed by atoms with Crippen molar-refractivity contribution in [2.75, 3.05) is 6.54 Å². The quantitative estimate of drug-likeness (QED) is 0.539.